The molecule has 22 heavy (non-hydrogen) atoms. The van der Waals surface area contributed by atoms with E-state index >= 15 is 0 Å². The van der Waals surface area contributed by atoms with Crippen LogP contribution in [0.1, 0.15) is 11.3 Å². The summed E-state index contributed by atoms with van der Waals surface area (Å²) in [6.07, 6.45) is 0. The fourth-order valence-electron chi connectivity index (χ4n) is 1.94. The second-order valence-corrected chi connectivity index (χ2v) is 6.31. The molecule has 2 heterocycles. The van der Waals surface area contributed by atoms with Crippen molar-refractivity contribution in [2.45, 2.75) is 13.5 Å². The summed E-state index contributed by atoms with van der Waals surface area (Å²) in [5, 5.41) is 17.9. The highest BCUT2D eigenvalue weighted by molar-refractivity contribution is 7.14. The first-order chi connectivity index (χ1) is 10.6. The molecule has 0 spiro atoms. The fraction of sp³-hybridized carbons (Fsp3) is 0.133. The molecule has 0 N–H and O–H groups in total. The summed E-state index contributed by atoms with van der Waals surface area (Å²) < 4.78 is 5.58. The van der Waals surface area contributed by atoms with E-state index in [9.17, 15) is 10.1 Å². The minimum atomic E-state index is -0.430. The van der Waals surface area contributed by atoms with E-state index in [1.807, 2.05) is 29.1 Å². The topological polar surface area (TPSA) is 65.3 Å². The van der Waals surface area contributed by atoms with E-state index in [4.69, 9.17) is 4.74 Å². The van der Waals surface area contributed by atoms with Crippen LogP contribution >= 0.6 is 22.7 Å². The molecule has 112 valence electrons. The SMILES string of the molecule is Cc1ccc(OCc2csc(-c3ccsc3)n2)c([N+](=O)[O-])c1. The van der Waals surface area contributed by atoms with Crippen molar-refractivity contribution in [2.24, 2.45) is 0 Å². The summed E-state index contributed by atoms with van der Waals surface area (Å²) in [5.74, 6) is 0.265. The zero-order valence-electron chi connectivity index (χ0n) is 11.7. The molecule has 3 rings (SSSR count). The van der Waals surface area contributed by atoms with Crippen molar-refractivity contribution in [3.05, 3.63) is 61.8 Å². The summed E-state index contributed by atoms with van der Waals surface area (Å²) in [6.45, 7) is 2.02. The zero-order chi connectivity index (χ0) is 15.5. The van der Waals surface area contributed by atoms with Crippen LogP contribution in [0.15, 0.2) is 40.4 Å². The van der Waals surface area contributed by atoms with Gasteiger partial charge in [0.25, 0.3) is 0 Å². The molecule has 0 unspecified atom stereocenters. The molecule has 0 aliphatic carbocycles. The van der Waals surface area contributed by atoms with Gasteiger partial charge in [-0.1, -0.05) is 6.07 Å². The van der Waals surface area contributed by atoms with Gasteiger partial charge in [0.2, 0.25) is 0 Å². The summed E-state index contributed by atoms with van der Waals surface area (Å²) in [7, 11) is 0. The second-order valence-electron chi connectivity index (χ2n) is 4.67. The quantitative estimate of drug-likeness (QED) is 0.503. The van der Waals surface area contributed by atoms with E-state index < -0.39 is 4.92 Å². The van der Waals surface area contributed by atoms with Crippen molar-refractivity contribution in [2.75, 3.05) is 0 Å². The van der Waals surface area contributed by atoms with Crippen LogP contribution in [0.4, 0.5) is 5.69 Å². The number of thiazole rings is 1. The van der Waals surface area contributed by atoms with Gasteiger partial charge < -0.3 is 4.74 Å². The molecule has 1 aromatic carbocycles. The predicted molar refractivity (Wildman–Crippen MR) is 87.6 cm³/mol. The van der Waals surface area contributed by atoms with Gasteiger partial charge in [0, 0.05) is 22.4 Å². The third-order valence-electron chi connectivity index (χ3n) is 3.01. The Morgan fingerprint density at radius 2 is 2.18 bits per heavy atom. The van der Waals surface area contributed by atoms with Crippen LogP contribution in [0, 0.1) is 17.0 Å². The summed E-state index contributed by atoms with van der Waals surface area (Å²) in [5.41, 5.74) is 2.66. The van der Waals surface area contributed by atoms with Gasteiger partial charge in [-0.15, -0.1) is 11.3 Å². The second kappa shape index (κ2) is 6.25. The number of nitrogens with zero attached hydrogens (tertiary/aromatic N) is 2. The lowest BCUT2D eigenvalue weighted by Gasteiger charge is -2.05. The summed E-state index contributed by atoms with van der Waals surface area (Å²) in [6, 6.07) is 6.94. The average molecular weight is 332 g/mol. The van der Waals surface area contributed by atoms with Crippen molar-refractivity contribution in [1.29, 1.82) is 0 Å². The lowest BCUT2D eigenvalue weighted by atomic mass is 10.2. The molecule has 0 saturated carbocycles. The first kappa shape index (κ1) is 14.7. The first-order valence-electron chi connectivity index (χ1n) is 6.48. The molecule has 3 aromatic rings. The molecule has 5 nitrogen and oxygen atoms in total. The van der Waals surface area contributed by atoms with Gasteiger partial charge in [0.15, 0.2) is 5.75 Å². The van der Waals surface area contributed by atoms with Crippen LogP contribution < -0.4 is 4.74 Å². The number of hydrogen-bond acceptors (Lipinski definition) is 6. The lowest BCUT2D eigenvalue weighted by Crippen LogP contribution is -1.99. The Hall–Kier alpha value is -2.25. The number of thiophene rings is 1. The Balaban J connectivity index is 1.74. The van der Waals surface area contributed by atoms with Crippen molar-refractivity contribution in [3.63, 3.8) is 0 Å². The highest BCUT2D eigenvalue weighted by atomic mass is 32.1. The molecule has 2 aromatic heterocycles. The minimum Gasteiger partial charge on any atom is -0.480 e. The standard InChI is InChI=1S/C15H12N2O3S2/c1-10-2-3-14(13(6-10)17(18)19)20-7-12-9-22-15(16-12)11-4-5-21-8-11/h2-6,8-9H,7H2,1H3. The molecule has 7 heteroatoms. The maximum absolute atomic E-state index is 11.1. The molecule has 0 radical (unpaired) electrons. The Kier molecular flexibility index (Phi) is 4.17. The Labute approximate surface area is 135 Å². The highest BCUT2D eigenvalue weighted by Gasteiger charge is 2.15. The number of ether oxygens (including phenoxy) is 1. The van der Waals surface area contributed by atoms with E-state index in [0.717, 1.165) is 21.8 Å². The minimum absolute atomic E-state index is 0.0201. The largest absolute Gasteiger partial charge is 0.480 e. The Bertz CT molecular complexity index is 797. The summed E-state index contributed by atoms with van der Waals surface area (Å²) in [4.78, 5) is 15.1. The molecular weight excluding hydrogens is 320 g/mol. The van der Waals surface area contributed by atoms with Crippen LogP contribution in [-0.4, -0.2) is 9.91 Å². The maximum Gasteiger partial charge on any atom is 0.311 e. The molecular formula is C15H12N2O3S2. The van der Waals surface area contributed by atoms with E-state index in [-0.39, 0.29) is 18.0 Å². The van der Waals surface area contributed by atoms with Gasteiger partial charge in [-0.25, -0.2) is 4.98 Å². The molecule has 0 amide bonds. The fourth-order valence-corrected chi connectivity index (χ4v) is 3.45. The average Bonchev–Trinajstić information content (AvgIpc) is 3.16. The van der Waals surface area contributed by atoms with Crippen molar-refractivity contribution >= 4 is 28.4 Å². The van der Waals surface area contributed by atoms with E-state index in [0.29, 0.717) is 0 Å². The van der Waals surface area contributed by atoms with Crippen LogP contribution in [0.2, 0.25) is 0 Å². The van der Waals surface area contributed by atoms with Crippen molar-refractivity contribution in [1.82, 2.24) is 4.98 Å². The summed E-state index contributed by atoms with van der Waals surface area (Å²) >= 11 is 3.16. The number of nitro groups is 1. The van der Waals surface area contributed by atoms with Gasteiger partial charge in [-0.3, -0.25) is 10.1 Å². The van der Waals surface area contributed by atoms with Gasteiger partial charge >= 0.3 is 5.69 Å². The highest BCUT2D eigenvalue weighted by Crippen LogP contribution is 2.30. The van der Waals surface area contributed by atoms with E-state index in [1.165, 1.54) is 17.4 Å². The van der Waals surface area contributed by atoms with Crippen LogP contribution in [-0.2, 0) is 6.61 Å². The molecule has 0 fully saturated rings. The van der Waals surface area contributed by atoms with Crippen LogP contribution in [0.3, 0.4) is 0 Å². The normalized spacial score (nSPS) is 10.6. The predicted octanol–water partition coefficient (Wildman–Crippen LogP) is 4.67. The number of aromatic nitrogens is 1. The molecule has 0 aliphatic heterocycles. The number of aryl methyl sites for hydroxylation is 1. The first-order valence-corrected chi connectivity index (χ1v) is 8.30. The van der Waals surface area contributed by atoms with Crippen molar-refractivity contribution in [3.8, 4) is 16.3 Å². The number of benzene rings is 1. The zero-order valence-corrected chi connectivity index (χ0v) is 13.3. The molecule has 0 atom stereocenters. The van der Waals surface area contributed by atoms with E-state index in [1.54, 1.807) is 23.5 Å². The van der Waals surface area contributed by atoms with Gasteiger partial charge in [-0.05, 0) is 30.0 Å². The third kappa shape index (κ3) is 3.15. The maximum atomic E-state index is 11.1. The third-order valence-corrected chi connectivity index (χ3v) is 4.63. The number of hydrogen-bond donors (Lipinski definition) is 0. The van der Waals surface area contributed by atoms with Crippen molar-refractivity contribution < 1.29 is 9.66 Å². The number of rotatable bonds is 5. The molecule has 0 saturated heterocycles. The Morgan fingerprint density at radius 1 is 1.32 bits per heavy atom. The smallest absolute Gasteiger partial charge is 0.311 e. The van der Waals surface area contributed by atoms with E-state index in [2.05, 4.69) is 4.98 Å². The van der Waals surface area contributed by atoms with Gasteiger partial charge in [0.1, 0.15) is 11.6 Å². The van der Waals surface area contributed by atoms with Crippen LogP contribution in [0.5, 0.6) is 5.75 Å². The van der Waals surface area contributed by atoms with Gasteiger partial charge in [0.05, 0.1) is 10.6 Å². The number of nitro benzene ring substituents is 1. The molecule has 0 aliphatic rings. The monoisotopic (exact) mass is 332 g/mol. The van der Waals surface area contributed by atoms with Gasteiger partial charge in [-0.2, -0.15) is 11.3 Å². The molecule has 0 bridgehead atoms. The van der Waals surface area contributed by atoms with Crippen LogP contribution in [0.25, 0.3) is 10.6 Å². The lowest BCUT2D eigenvalue weighted by molar-refractivity contribution is -0.386. The Morgan fingerprint density at radius 3 is 2.91 bits per heavy atom.